The first-order chi connectivity index (χ1) is 12.7. The molecule has 2 nitrogen and oxygen atoms in total. The van der Waals surface area contributed by atoms with Gasteiger partial charge < -0.3 is 17.0 Å². The molecule has 0 fully saturated rings. The SMILES string of the molecule is CC(C(=O)c1ccc(-c2ccccc2)cc1)[n+]1cccc2ccccc21.[Br-]. The van der Waals surface area contributed by atoms with Gasteiger partial charge in [0.1, 0.15) is 0 Å². The van der Waals surface area contributed by atoms with E-state index in [1.165, 1.54) is 0 Å². The second-order valence-corrected chi connectivity index (χ2v) is 6.46. The molecule has 0 radical (unpaired) electrons. The van der Waals surface area contributed by atoms with Crippen LogP contribution in [0.25, 0.3) is 22.0 Å². The van der Waals surface area contributed by atoms with Gasteiger partial charge in [-0.2, -0.15) is 4.57 Å². The van der Waals surface area contributed by atoms with E-state index in [1.54, 1.807) is 0 Å². The van der Waals surface area contributed by atoms with Crippen LogP contribution < -0.4 is 21.5 Å². The molecule has 3 aromatic carbocycles. The van der Waals surface area contributed by atoms with Crippen molar-refractivity contribution in [2.45, 2.75) is 13.0 Å². The first kappa shape index (κ1) is 19.0. The van der Waals surface area contributed by atoms with Crippen LogP contribution in [0.3, 0.4) is 0 Å². The van der Waals surface area contributed by atoms with Crippen LogP contribution in [-0.2, 0) is 0 Å². The van der Waals surface area contributed by atoms with Gasteiger partial charge in [0, 0.05) is 30.0 Å². The Bertz CT molecular complexity index is 1050. The van der Waals surface area contributed by atoms with E-state index in [0.29, 0.717) is 0 Å². The van der Waals surface area contributed by atoms with Crippen LogP contribution in [0.1, 0.15) is 23.3 Å². The summed E-state index contributed by atoms with van der Waals surface area (Å²) in [7, 11) is 0. The molecule has 3 heteroatoms. The Hall–Kier alpha value is -2.78. The lowest BCUT2D eigenvalue weighted by Gasteiger charge is -2.09. The van der Waals surface area contributed by atoms with Crippen LogP contribution in [0.15, 0.2) is 97.2 Å². The van der Waals surface area contributed by atoms with E-state index in [9.17, 15) is 4.79 Å². The van der Waals surface area contributed by atoms with Crippen LogP contribution in [0, 0.1) is 0 Å². The Morgan fingerprint density at radius 3 is 2.07 bits per heavy atom. The average Bonchev–Trinajstić information content (AvgIpc) is 2.73. The van der Waals surface area contributed by atoms with Gasteiger partial charge in [-0.15, -0.1) is 0 Å². The standard InChI is InChI=1S/C24H20NO.BrH/c1-18(25-17-7-11-21-10-5-6-12-23(21)25)24(26)22-15-13-20(14-16-22)19-8-3-2-4-9-19;/h2-18H,1H3;1H/q+1;/p-1. The van der Waals surface area contributed by atoms with Crippen molar-refractivity contribution in [1.29, 1.82) is 0 Å². The van der Waals surface area contributed by atoms with Crippen molar-refractivity contribution >= 4 is 16.7 Å². The third-order valence-corrected chi connectivity index (χ3v) is 4.81. The number of carbonyl (C=O) groups excluding carboxylic acids is 1. The van der Waals surface area contributed by atoms with Crippen molar-refractivity contribution < 1.29 is 26.3 Å². The summed E-state index contributed by atoms with van der Waals surface area (Å²) in [5, 5.41) is 1.13. The third-order valence-electron chi connectivity index (χ3n) is 4.81. The van der Waals surface area contributed by atoms with Gasteiger partial charge in [0.25, 0.3) is 0 Å². The summed E-state index contributed by atoms with van der Waals surface area (Å²) in [6.45, 7) is 1.96. The Kier molecular flexibility index (Phi) is 5.82. The lowest BCUT2D eigenvalue weighted by atomic mass is 10.00. The van der Waals surface area contributed by atoms with E-state index in [4.69, 9.17) is 0 Å². The highest BCUT2D eigenvalue weighted by Gasteiger charge is 2.25. The number of benzene rings is 3. The molecule has 0 aliphatic heterocycles. The van der Waals surface area contributed by atoms with E-state index >= 15 is 0 Å². The maximum atomic E-state index is 13.0. The molecule has 0 N–H and O–H groups in total. The summed E-state index contributed by atoms with van der Waals surface area (Å²) >= 11 is 0. The predicted molar refractivity (Wildman–Crippen MR) is 105 cm³/mol. The van der Waals surface area contributed by atoms with Crippen LogP contribution in [0.5, 0.6) is 0 Å². The van der Waals surface area contributed by atoms with E-state index in [-0.39, 0.29) is 28.8 Å². The highest BCUT2D eigenvalue weighted by molar-refractivity contribution is 5.98. The second kappa shape index (κ2) is 8.28. The summed E-state index contributed by atoms with van der Waals surface area (Å²) in [5.41, 5.74) is 4.07. The first-order valence-electron chi connectivity index (χ1n) is 8.82. The van der Waals surface area contributed by atoms with Crippen molar-refractivity contribution in [3.05, 3.63) is 103 Å². The number of ketones is 1. The number of hydrogen-bond donors (Lipinski definition) is 0. The van der Waals surface area contributed by atoms with Gasteiger partial charge in [-0.3, -0.25) is 4.79 Å². The number of carbonyl (C=O) groups is 1. The number of hydrogen-bond acceptors (Lipinski definition) is 1. The molecule has 1 heterocycles. The van der Waals surface area contributed by atoms with Crippen molar-refractivity contribution in [3.63, 3.8) is 0 Å². The molecule has 4 aromatic rings. The fraction of sp³-hybridized carbons (Fsp3) is 0.0833. The van der Waals surface area contributed by atoms with E-state index in [0.717, 1.165) is 27.6 Å². The fourth-order valence-corrected chi connectivity index (χ4v) is 3.35. The van der Waals surface area contributed by atoms with Crippen molar-refractivity contribution in [1.82, 2.24) is 0 Å². The molecule has 0 saturated heterocycles. The Balaban J connectivity index is 0.00000210. The Labute approximate surface area is 169 Å². The lowest BCUT2D eigenvalue weighted by Crippen LogP contribution is -3.00. The van der Waals surface area contributed by atoms with Gasteiger partial charge in [0.15, 0.2) is 6.20 Å². The summed E-state index contributed by atoms with van der Waals surface area (Å²) in [6.07, 6.45) is 1.98. The monoisotopic (exact) mass is 417 g/mol. The maximum Gasteiger partial charge on any atom is 0.230 e. The lowest BCUT2D eigenvalue weighted by molar-refractivity contribution is -0.679. The molecule has 0 aliphatic carbocycles. The fourth-order valence-electron chi connectivity index (χ4n) is 3.35. The van der Waals surface area contributed by atoms with Crippen LogP contribution in [0.4, 0.5) is 0 Å². The van der Waals surface area contributed by atoms with Crippen LogP contribution in [-0.4, -0.2) is 5.78 Å². The van der Waals surface area contributed by atoms with Gasteiger partial charge in [0.05, 0.1) is 0 Å². The minimum Gasteiger partial charge on any atom is -1.00 e. The number of rotatable bonds is 4. The molecule has 0 aliphatic rings. The van der Waals surface area contributed by atoms with Gasteiger partial charge >= 0.3 is 0 Å². The number of Topliss-reactive ketones (excluding diaryl/α,β-unsaturated/α-hetero) is 1. The van der Waals surface area contributed by atoms with Gasteiger partial charge in [-0.1, -0.05) is 66.7 Å². The summed E-state index contributed by atoms with van der Waals surface area (Å²) < 4.78 is 2.04. The van der Waals surface area contributed by atoms with E-state index in [1.807, 2.05) is 78.4 Å². The van der Waals surface area contributed by atoms with Gasteiger partial charge in [0.2, 0.25) is 17.3 Å². The summed E-state index contributed by atoms with van der Waals surface area (Å²) in [6, 6.07) is 30.0. The smallest absolute Gasteiger partial charge is 0.230 e. The molecule has 0 bridgehead atoms. The highest BCUT2D eigenvalue weighted by Crippen LogP contribution is 2.21. The molecule has 134 valence electrons. The number of pyridine rings is 1. The topological polar surface area (TPSA) is 20.9 Å². The maximum absolute atomic E-state index is 13.0. The molecular formula is C24H20BrNO. The number of halogens is 1. The molecule has 0 amide bonds. The minimum absolute atomic E-state index is 0. The molecule has 4 rings (SSSR count). The van der Waals surface area contributed by atoms with Crippen LogP contribution in [0.2, 0.25) is 0 Å². The first-order valence-corrected chi connectivity index (χ1v) is 8.82. The van der Waals surface area contributed by atoms with Crippen molar-refractivity contribution in [2.24, 2.45) is 0 Å². The zero-order valence-electron chi connectivity index (χ0n) is 15.0. The number of fused-ring (bicyclic) bond motifs is 1. The number of nitrogens with zero attached hydrogens (tertiary/aromatic N) is 1. The van der Waals surface area contributed by atoms with Gasteiger partial charge in [-0.05, 0) is 23.3 Å². The second-order valence-electron chi connectivity index (χ2n) is 6.46. The van der Waals surface area contributed by atoms with E-state index in [2.05, 4.69) is 30.3 Å². The Morgan fingerprint density at radius 2 is 1.33 bits per heavy atom. The highest BCUT2D eigenvalue weighted by atomic mass is 79.9. The molecular weight excluding hydrogens is 398 g/mol. The summed E-state index contributed by atoms with van der Waals surface area (Å²) in [5.74, 6) is 0.117. The Morgan fingerprint density at radius 1 is 0.741 bits per heavy atom. The van der Waals surface area contributed by atoms with Crippen molar-refractivity contribution in [2.75, 3.05) is 0 Å². The summed E-state index contributed by atoms with van der Waals surface area (Å²) in [4.78, 5) is 13.0. The molecule has 1 unspecified atom stereocenters. The number of aromatic nitrogens is 1. The van der Waals surface area contributed by atoms with E-state index < -0.39 is 0 Å². The molecule has 0 saturated carbocycles. The molecule has 1 aromatic heterocycles. The normalized spacial score (nSPS) is 11.6. The van der Waals surface area contributed by atoms with Crippen LogP contribution >= 0.6 is 0 Å². The van der Waals surface area contributed by atoms with Crippen molar-refractivity contribution in [3.8, 4) is 11.1 Å². The largest absolute Gasteiger partial charge is 1.00 e. The minimum atomic E-state index is -0.260. The van der Waals surface area contributed by atoms with Gasteiger partial charge in [-0.25, -0.2) is 0 Å². The molecule has 27 heavy (non-hydrogen) atoms. The quantitative estimate of drug-likeness (QED) is 0.368. The molecule has 0 spiro atoms. The molecule has 1 atom stereocenters. The number of para-hydroxylation sites is 1. The zero-order chi connectivity index (χ0) is 17.9. The third kappa shape index (κ3) is 3.83. The zero-order valence-corrected chi connectivity index (χ0v) is 16.6. The average molecular weight is 418 g/mol. The predicted octanol–water partition coefficient (Wildman–Crippen LogP) is 2.24.